The van der Waals surface area contributed by atoms with Gasteiger partial charge in [-0.3, -0.25) is 4.79 Å². The number of amides is 1. The molecule has 0 unspecified atom stereocenters. The molecular formula is C17H21N5O2. The molecule has 126 valence electrons. The number of carbonyl (C=O) groups is 1. The molecule has 2 N–H and O–H groups in total. The van der Waals surface area contributed by atoms with E-state index < -0.39 is 5.54 Å². The first-order chi connectivity index (χ1) is 11.6. The van der Waals surface area contributed by atoms with Crippen LogP contribution in [0.4, 0.5) is 5.82 Å². The summed E-state index contributed by atoms with van der Waals surface area (Å²) in [5, 5.41) is 10.5. The van der Waals surface area contributed by atoms with Crippen molar-refractivity contribution in [1.29, 1.82) is 0 Å². The van der Waals surface area contributed by atoms with Crippen LogP contribution in [0.5, 0.6) is 0 Å². The average molecular weight is 327 g/mol. The number of rotatable bonds is 5. The number of nitrogens with one attached hydrogen (secondary N) is 2. The zero-order chi connectivity index (χ0) is 16.6. The minimum Gasteiger partial charge on any atom is -0.367 e. The van der Waals surface area contributed by atoms with Crippen molar-refractivity contribution in [3.05, 3.63) is 35.6 Å². The van der Waals surface area contributed by atoms with E-state index in [1.807, 2.05) is 6.07 Å². The summed E-state index contributed by atoms with van der Waals surface area (Å²) in [5.74, 6) is 1.76. The Kier molecular flexibility index (Phi) is 3.70. The summed E-state index contributed by atoms with van der Waals surface area (Å²) in [5.41, 5.74) is 0.0163. The Morgan fingerprint density at radius 3 is 2.67 bits per heavy atom. The highest BCUT2D eigenvalue weighted by molar-refractivity contribution is 5.94. The maximum Gasteiger partial charge on any atom is 0.253 e. The van der Waals surface area contributed by atoms with Crippen molar-refractivity contribution in [1.82, 2.24) is 20.4 Å². The summed E-state index contributed by atoms with van der Waals surface area (Å²) in [4.78, 5) is 21.4. The first kappa shape index (κ1) is 15.1. The Balaban J connectivity index is 1.50. The van der Waals surface area contributed by atoms with Crippen molar-refractivity contribution in [2.45, 2.75) is 57.0 Å². The number of nitrogens with zero attached hydrogens (tertiary/aromatic N) is 3. The third-order valence-corrected chi connectivity index (χ3v) is 4.72. The highest BCUT2D eigenvalue weighted by Crippen LogP contribution is 2.37. The molecule has 0 saturated heterocycles. The van der Waals surface area contributed by atoms with Gasteiger partial charge in [0.15, 0.2) is 5.82 Å². The van der Waals surface area contributed by atoms with E-state index in [1.54, 1.807) is 19.2 Å². The molecule has 24 heavy (non-hydrogen) atoms. The van der Waals surface area contributed by atoms with Crippen molar-refractivity contribution >= 4 is 11.7 Å². The van der Waals surface area contributed by atoms with Gasteiger partial charge in [-0.05, 0) is 37.8 Å². The Labute approximate surface area is 140 Å². The zero-order valence-electron chi connectivity index (χ0n) is 13.7. The fourth-order valence-electron chi connectivity index (χ4n) is 3.22. The van der Waals surface area contributed by atoms with E-state index in [4.69, 9.17) is 4.52 Å². The largest absolute Gasteiger partial charge is 0.367 e. The summed E-state index contributed by atoms with van der Waals surface area (Å²) in [7, 11) is 0. The van der Waals surface area contributed by atoms with Gasteiger partial charge in [0.05, 0.1) is 5.56 Å². The lowest BCUT2D eigenvalue weighted by Gasteiger charge is -2.26. The number of carbonyl (C=O) groups excluding carboxylic acids is 1. The fraction of sp³-hybridized carbons (Fsp3) is 0.529. The van der Waals surface area contributed by atoms with E-state index in [1.165, 1.54) is 12.8 Å². The van der Waals surface area contributed by atoms with Crippen molar-refractivity contribution in [2.75, 3.05) is 5.32 Å². The Morgan fingerprint density at radius 1 is 1.29 bits per heavy atom. The topological polar surface area (TPSA) is 92.9 Å². The predicted molar refractivity (Wildman–Crippen MR) is 87.5 cm³/mol. The van der Waals surface area contributed by atoms with Crippen LogP contribution in [0.25, 0.3) is 0 Å². The smallest absolute Gasteiger partial charge is 0.253 e. The van der Waals surface area contributed by atoms with E-state index in [0.717, 1.165) is 31.5 Å². The van der Waals surface area contributed by atoms with Crippen LogP contribution in [0, 0.1) is 6.92 Å². The maximum absolute atomic E-state index is 12.7. The van der Waals surface area contributed by atoms with Crippen molar-refractivity contribution in [2.24, 2.45) is 0 Å². The number of anilines is 1. The molecule has 2 heterocycles. The monoisotopic (exact) mass is 327 g/mol. The number of hydrogen-bond acceptors (Lipinski definition) is 6. The SMILES string of the molecule is Cc1nc(C2(NC(=O)c3ccc(NC4CC4)nc3)CCCC2)no1. The van der Waals surface area contributed by atoms with E-state index >= 15 is 0 Å². The van der Waals surface area contributed by atoms with Gasteiger partial charge in [0.25, 0.3) is 5.91 Å². The molecule has 0 radical (unpaired) electrons. The number of aromatic nitrogens is 3. The van der Waals surface area contributed by atoms with Crippen molar-refractivity contribution in [3.63, 3.8) is 0 Å². The molecule has 2 aromatic rings. The van der Waals surface area contributed by atoms with E-state index in [2.05, 4.69) is 25.8 Å². The van der Waals surface area contributed by atoms with E-state index in [-0.39, 0.29) is 5.91 Å². The third kappa shape index (κ3) is 2.98. The quantitative estimate of drug-likeness (QED) is 0.876. The first-order valence-corrected chi connectivity index (χ1v) is 8.51. The summed E-state index contributed by atoms with van der Waals surface area (Å²) in [6.07, 6.45) is 7.73. The number of pyridine rings is 1. The lowest BCUT2D eigenvalue weighted by molar-refractivity contribution is 0.0891. The molecule has 2 aliphatic carbocycles. The van der Waals surface area contributed by atoms with Crippen LogP contribution >= 0.6 is 0 Å². The van der Waals surface area contributed by atoms with Crippen LogP contribution in [-0.4, -0.2) is 27.1 Å². The van der Waals surface area contributed by atoms with Gasteiger partial charge in [-0.2, -0.15) is 4.98 Å². The van der Waals surface area contributed by atoms with Gasteiger partial charge < -0.3 is 15.2 Å². The van der Waals surface area contributed by atoms with Crippen LogP contribution < -0.4 is 10.6 Å². The van der Waals surface area contributed by atoms with Crippen LogP contribution in [0.2, 0.25) is 0 Å². The molecule has 0 bridgehead atoms. The molecule has 2 aliphatic rings. The molecule has 2 aromatic heterocycles. The molecule has 0 aliphatic heterocycles. The van der Waals surface area contributed by atoms with Crippen LogP contribution in [0.15, 0.2) is 22.9 Å². The highest BCUT2D eigenvalue weighted by Gasteiger charge is 2.41. The van der Waals surface area contributed by atoms with Crippen molar-refractivity contribution < 1.29 is 9.32 Å². The zero-order valence-corrected chi connectivity index (χ0v) is 13.7. The molecule has 4 rings (SSSR count). The van der Waals surface area contributed by atoms with Gasteiger partial charge in [0.1, 0.15) is 11.4 Å². The molecule has 0 atom stereocenters. The summed E-state index contributed by atoms with van der Waals surface area (Å²) in [6.45, 7) is 1.76. The second kappa shape index (κ2) is 5.89. The van der Waals surface area contributed by atoms with Crippen LogP contribution in [0.3, 0.4) is 0 Å². The average Bonchev–Trinajstić information content (AvgIpc) is 3.08. The molecular weight excluding hydrogens is 306 g/mol. The highest BCUT2D eigenvalue weighted by atomic mass is 16.5. The number of aryl methyl sites for hydroxylation is 1. The van der Waals surface area contributed by atoms with Gasteiger partial charge >= 0.3 is 0 Å². The molecule has 1 amide bonds. The van der Waals surface area contributed by atoms with E-state index in [0.29, 0.717) is 23.3 Å². The van der Waals surface area contributed by atoms with Gasteiger partial charge in [-0.1, -0.05) is 18.0 Å². The standard InChI is InChI=1S/C17H21N5O2/c1-11-19-16(22-24-11)17(8-2-3-9-17)21-15(23)12-4-7-14(18-10-12)20-13-5-6-13/h4,7,10,13H,2-3,5-6,8-9H2,1H3,(H,18,20)(H,21,23). The van der Waals surface area contributed by atoms with E-state index in [9.17, 15) is 4.79 Å². The molecule has 7 nitrogen and oxygen atoms in total. The predicted octanol–water partition coefficient (Wildman–Crippen LogP) is 2.55. The molecule has 0 aromatic carbocycles. The molecule has 2 saturated carbocycles. The molecule has 0 spiro atoms. The summed E-state index contributed by atoms with van der Waals surface area (Å²) >= 11 is 0. The number of hydrogen-bond donors (Lipinski definition) is 2. The second-order valence-corrected chi connectivity index (χ2v) is 6.73. The summed E-state index contributed by atoms with van der Waals surface area (Å²) < 4.78 is 5.11. The second-order valence-electron chi connectivity index (χ2n) is 6.73. The maximum atomic E-state index is 12.7. The minimum absolute atomic E-state index is 0.148. The lowest BCUT2D eigenvalue weighted by Crippen LogP contribution is -2.44. The van der Waals surface area contributed by atoms with Crippen LogP contribution in [-0.2, 0) is 5.54 Å². The van der Waals surface area contributed by atoms with Crippen molar-refractivity contribution in [3.8, 4) is 0 Å². The van der Waals surface area contributed by atoms with Crippen LogP contribution in [0.1, 0.15) is 60.6 Å². The Bertz CT molecular complexity index is 730. The molecule has 2 fully saturated rings. The van der Waals surface area contributed by atoms with Gasteiger partial charge in [0.2, 0.25) is 5.89 Å². The Hall–Kier alpha value is -2.44. The first-order valence-electron chi connectivity index (χ1n) is 8.51. The summed E-state index contributed by atoms with van der Waals surface area (Å²) in [6, 6.07) is 4.20. The van der Waals surface area contributed by atoms with Gasteiger partial charge in [-0.15, -0.1) is 0 Å². The molecule has 7 heteroatoms. The van der Waals surface area contributed by atoms with Gasteiger partial charge in [-0.25, -0.2) is 4.98 Å². The Morgan fingerprint density at radius 2 is 2.08 bits per heavy atom. The van der Waals surface area contributed by atoms with Gasteiger partial charge in [0, 0.05) is 19.2 Å². The third-order valence-electron chi connectivity index (χ3n) is 4.72. The normalized spacial score (nSPS) is 19.2. The minimum atomic E-state index is -0.528. The fourth-order valence-corrected chi connectivity index (χ4v) is 3.22. The lowest BCUT2D eigenvalue weighted by atomic mass is 9.96.